The number of nitrogens with zero attached hydrogens (tertiary/aromatic N) is 2. The first-order chi connectivity index (χ1) is 14.7. The zero-order valence-electron chi connectivity index (χ0n) is 17.1. The van der Waals surface area contributed by atoms with Crippen LogP contribution in [0.15, 0.2) is 36.4 Å². The van der Waals surface area contributed by atoms with Gasteiger partial charge in [-0.15, -0.1) is 0 Å². The van der Waals surface area contributed by atoms with Crippen molar-refractivity contribution in [2.24, 2.45) is 0 Å². The van der Waals surface area contributed by atoms with Crippen LogP contribution in [0.2, 0.25) is 0 Å². The van der Waals surface area contributed by atoms with Crippen molar-refractivity contribution in [3.05, 3.63) is 47.5 Å². The Labute approximate surface area is 175 Å². The minimum Gasteiger partial charge on any atom is -0.496 e. The standard InChI is InChI=1S/C23H24N2O5/c1-26-18-5-6-20(27-2)22-17(18)12-16-13-25(9-10-28-23(16)24-22)8-7-15-3-4-19-21(11-15)30-14-29-19/h3-6,11-12H,7-10,13-14H2,1-2H3. The Kier molecular flexibility index (Phi) is 4.96. The summed E-state index contributed by atoms with van der Waals surface area (Å²) < 4.78 is 27.9. The molecule has 0 fully saturated rings. The van der Waals surface area contributed by atoms with Gasteiger partial charge in [0.15, 0.2) is 11.5 Å². The van der Waals surface area contributed by atoms with E-state index in [-0.39, 0.29) is 0 Å². The van der Waals surface area contributed by atoms with Crippen LogP contribution in [0, 0.1) is 0 Å². The molecule has 7 nitrogen and oxygen atoms in total. The van der Waals surface area contributed by atoms with E-state index in [0.717, 1.165) is 59.8 Å². The summed E-state index contributed by atoms with van der Waals surface area (Å²) in [5, 5.41) is 0.928. The predicted molar refractivity (Wildman–Crippen MR) is 112 cm³/mol. The molecule has 0 radical (unpaired) electrons. The molecule has 0 saturated carbocycles. The van der Waals surface area contributed by atoms with Crippen LogP contribution in [0.5, 0.6) is 28.9 Å². The van der Waals surface area contributed by atoms with Gasteiger partial charge in [0.2, 0.25) is 12.7 Å². The zero-order chi connectivity index (χ0) is 20.5. The molecule has 0 unspecified atom stereocenters. The summed E-state index contributed by atoms with van der Waals surface area (Å²) in [5.74, 6) is 3.80. The molecule has 1 aromatic heterocycles. The highest BCUT2D eigenvalue weighted by atomic mass is 16.7. The largest absolute Gasteiger partial charge is 0.496 e. The molecule has 156 valence electrons. The van der Waals surface area contributed by atoms with Gasteiger partial charge in [-0.05, 0) is 42.3 Å². The van der Waals surface area contributed by atoms with Gasteiger partial charge in [0.1, 0.15) is 23.6 Å². The molecule has 0 bridgehead atoms. The van der Waals surface area contributed by atoms with Crippen LogP contribution in [0.25, 0.3) is 10.9 Å². The van der Waals surface area contributed by atoms with Crippen molar-refractivity contribution in [1.29, 1.82) is 0 Å². The van der Waals surface area contributed by atoms with Crippen molar-refractivity contribution in [2.45, 2.75) is 13.0 Å². The van der Waals surface area contributed by atoms with Gasteiger partial charge in [-0.3, -0.25) is 4.90 Å². The lowest BCUT2D eigenvalue weighted by molar-refractivity contribution is 0.174. The van der Waals surface area contributed by atoms with Gasteiger partial charge in [0, 0.05) is 30.6 Å². The molecule has 0 spiro atoms. The Bertz CT molecular complexity index is 1080. The average molecular weight is 408 g/mol. The highest BCUT2D eigenvalue weighted by Gasteiger charge is 2.20. The molecule has 0 N–H and O–H groups in total. The Morgan fingerprint density at radius 3 is 2.67 bits per heavy atom. The fourth-order valence-corrected chi connectivity index (χ4v) is 3.98. The highest BCUT2D eigenvalue weighted by Crippen LogP contribution is 2.36. The van der Waals surface area contributed by atoms with E-state index >= 15 is 0 Å². The number of pyridine rings is 1. The van der Waals surface area contributed by atoms with Crippen molar-refractivity contribution in [2.75, 3.05) is 40.7 Å². The first kappa shape index (κ1) is 18.8. The first-order valence-corrected chi connectivity index (χ1v) is 10.0. The third-order valence-electron chi connectivity index (χ3n) is 5.58. The Morgan fingerprint density at radius 2 is 1.80 bits per heavy atom. The van der Waals surface area contributed by atoms with Crippen molar-refractivity contribution < 1.29 is 23.7 Å². The fraction of sp³-hybridized carbons (Fsp3) is 0.348. The van der Waals surface area contributed by atoms with Crippen LogP contribution < -0.4 is 23.7 Å². The number of benzene rings is 2. The van der Waals surface area contributed by atoms with E-state index < -0.39 is 0 Å². The van der Waals surface area contributed by atoms with Gasteiger partial charge < -0.3 is 23.7 Å². The molecule has 0 aliphatic carbocycles. The molecule has 2 aromatic carbocycles. The van der Waals surface area contributed by atoms with Crippen LogP contribution in [0.1, 0.15) is 11.1 Å². The number of hydrogen-bond donors (Lipinski definition) is 0. The van der Waals surface area contributed by atoms with E-state index in [2.05, 4.69) is 23.1 Å². The number of hydrogen-bond acceptors (Lipinski definition) is 7. The first-order valence-electron chi connectivity index (χ1n) is 10.0. The normalized spacial score (nSPS) is 15.4. The SMILES string of the molecule is COc1ccc(OC)c2nc3c(cc12)CN(CCc1ccc2c(c1)OCO2)CCO3. The molecule has 0 atom stereocenters. The summed E-state index contributed by atoms with van der Waals surface area (Å²) in [4.78, 5) is 7.15. The van der Waals surface area contributed by atoms with Gasteiger partial charge in [0.05, 0.1) is 14.2 Å². The molecule has 2 aliphatic heterocycles. The monoisotopic (exact) mass is 408 g/mol. The highest BCUT2D eigenvalue weighted by molar-refractivity contribution is 5.91. The summed E-state index contributed by atoms with van der Waals surface area (Å²) in [5.41, 5.74) is 3.04. The number of ether oxygens (including phenoxy) is 5. The van der Waals surface area contributed by atoms with Gasteiger partial charge in [-0.25, -0.2) is 4.98 Å². The van der Waals surface area contributed by atoms with E-state index in [1.165, 1.54) is 5.56 Å². The van der Waals surface area contributed by atoms with Gasteiger partial charge >= 0.3 is 0 Å². The third-order valence-corrected chi connectivity index (χ3v) is 5.58. The summed E-state index contributed by atoms with van der Waals surface area (Å²) in [6, 6.07) is 12.0. The predicted octanol–water partition coefficient (Wildman–Crippen LogP) is 3.42. The minimum atomic E-state index is 0.300. The number of aromatic nitrogens is 1. The van der Waals surface area contributed by atoms with E-state index in [0.29, 0.717) is 25.0 Å². The summed E-state index contributed by atoms with van der Waals surface area (Å²) in [6.45, 7) is 3.41. The summed E-state index contributed by atoms with van der Waals surface area (Å²) >= 11 is 0. The quantitative estimate of drug-likeness (QED) is 0.641. The molecular weight excluding hydrogens is 384 g/mol. The molecule has 7 heteroatoms. The van der Waals surface area contributed by atoms with Crippen LogP contribution in [-0.4, -0.2) is 50.6 Å². The topological polar surface area (TPSA) is 62.3 Å². The molecule has 5 rings (SSSR count). The van der Waals surface area contributed by atoms with Crippen LogP contribution in [-0.2, 0) is 13.0 Å². The number of rotatable bonds is 5. The summed E-state index contributed by atoms with van der Waals surface area (Å²) in [6.07, 6.45) is 0.921. The van der Waals surface area contributed by atoms with E-state index in [1.807, 2.05) is 18.2 Å². The van der Waals surface area contributed by atoms with Gasteiger partial charge in [-0.2, -0.15) is 0 Å². The lowest BCUT2D eigenvalue weighted by Crippen LogP contribution is -2.28. The lowest BCUT2D eigenvalue weighted by Gasteiger charge is -2.19. The average Bonchev–Trinajstić information content (AvgIpc) is 3.15. The van der Waals surface area contributed by atoms with Crippen molar-refractivity contribution in [3.63, 3.8) is 0 Å². The Balaban J connectivity index is 1.38. The van der Waals surface area contributed by atoms with Crippen molar-refractivity contribution in [3.8, 4) is 28.9 Å². The fourth-order valence-electron chi connectivity index (χ4n) is 3.98. The van der Waals surface area contributed by atoms with Crippen LogP contribution in [0.4, 0.5) is 0 Å². The number of methoxy groups -OCH3 is 2. The zero-order valence-corrected chi connectivity index (χ0v) is 17.1. The molecule has 30 heavy (non-hydrogen) atoms. The third kappa shape index (κ3) is 3.45. The maximum absolute atomic E-state index is 5.99. The number of fused-ring (bicyclic) bond motifs is 3. The van der Waals surface area contributed by atoms with Gasteiger partial charge in [-0.1, -0.05) is 6.07 Å². The molecule has 0 saturated heterocycles. The Morgan fingerprint density at radius 1 is 0.967 bits per heavy atom. The second-order valence-electron chi connectivity index (χ2n) is 7.38. The maximum Gasteiger partial charge on any atom is 0.231 e. The van der Waals surface area contributed by atoms with Gasteiger partial charge in [0.25, 0.3) is 0 Å². The summed E-state index contributed by atoms with van der Waals surface area (Å²) in [7, 11) is 3.31. The van der Waals surface area contributed by atoms with Crippen molar-refractivity contribution >= 4 is 10.9 Å². The van der Waals surface area contributed by atoms with E-state index in [9.17, 15) is 0 Å². The second kappa shape index (κ2) is 7.91. The molecule has 3 heterocycles. The Hall–Kier alpha value is -3.19. The minimum absolute atomic E-state index is 0.300. The molecule has 2 aliphatic rings. The molecular formula is C23H24N2O5. The van der Waals surface area contributed by atoms with E-state index in [1.54, 1.807) is 14.2 Å². The lowest BCUT2D eigenvalue weighted by atomic mass is 10.1. The van der Waals surface area contributed by atoms with Crippen LogP contribution in [0.3, 0.4) is 0 Å². The maximum atomic E-state index is 5.99. The second-order valence-corrected chi connectivity index (χ2v) is 7.38. The van der Waals surface area contributed by atoms with E-state index in [4.69, 9.17) is 28.7 Å². The van der Waals surface area contributed by atoms with Crippen LogP contribution >= 0.6 is 0 Å². The smallest absolute Gasteiger partial charge is 0.231 e. The molecule has 3 aromatic rings. The van der Waals surface area contributed by atoms with Crippen molar-refractivity contribution in [1.82, 2.24) is 9.88 Å². The molecule has 0 amide bonds.